The monoisotopic (exact) mass is 713 g/mol. The fourth-order valence-electron chi connectivity index (χ4n) is 7.00. The van der Waals surface area contributed by atoms with Crippen LogP contribution in [0.1, 0.15) is 23.0 Å². The molecule has 5 aliphatic rings. The minimum Gasteiger partial charge on any atom is -0.258 e. The lowest BCUT2D eigenvalue weighted by Crippen LogP contribution is -2.53. The molecule has 3 nitrogen and oxygen atoms in total. The van der Waals surface area contributed by atoms with E-state index in [-0.39, 0.29) is 25.8 Å². The van der Waals surface area contributed by atoms with Crippen LogP contribution < -0.4 is 0 Å². The molecule has 4 bridgehead atoms. The highest BCUT2D eigenvalue weighted by atomic mass is 35.5. The van der Waals surface area contributed by atoms with E-state index >= 15 is 0 Å². The zero-order chi connectivity index (χ0) is 26.0. The van der Waals surface area contributed by atoms with Gasteiger partial charge in [0, 0.05) is 35.8 Å². The van der Waals surface area contributed by atoms with E-state index in [0.29, 0.717) is 11.1 Å². The van der Waals surface area contributed by atoms with Gasteiger partial charge >= 0.3 is 0 Å². The minimum absolute atomic E-state index is 0.0418. The van der Waals surface area contributed by atoms with Crippen molar-refractivity contribution in [2.75, 3.05) is 0 Å². The summed E-state index contributed by atoms with van der Waals surface area (Å²) in [5.74, 6) is -3.52. The fourth-order valence-corrected chi connectivity index (χ4v) is 13.1. The SMILES string of the molecule is O=[N+]([O-])c1ccc2c(c1)[C@@H]1[C@H]([C@@H]3[C@@H]2[C@@]2(Cl)C(Cl)=C(Cl)[C@@]3(Cl)C2(Cl)Cl)[C@@]2(Cl)C(Cl)=C(Cl)[C@@]1(Cl)C2(Cl)Cl. The lowest BCUT2D eigenvalue weighted by atomic mass is 9.57. The molecule has 0 saturated heterocycles. The van der Waals surface area contributed by atoms with E-state index in [0.717, 1.165) is 0 Å². The molecular formula is C20H7Cl12NO2. The average Bonchev–Trinajstić information content (AvgIpc) is 3.13. The smallest absolute Gasteiger partial charge is 0.258 e. The normalized spacial score (nSPS) is 47.8. The van der Waals surface area contributed by atoms with Gasteiger partial charge in [-0.3, -0.25) is 10.1 Å². The highest BCUT2D eigenvalue weighted by Crippen LogP contribution is 2.88. The lowest BCUT2D eigenvalue weighted by Gasteiger charge is -2.52. The molecule has 1 aromatic rings. The molecule has 0 unspecified atom stereocenters. The van der Waals surface area contributed by atoms with Crippen LogP contribution in [0.5, 0.6) is 0 Å². The number of fused-ring (bicyclic) bond motifs is 14. The highest BCUT2D eigenvalue weighted by Gasteiger charge is 2.91. The van der Waals surface area contributed by atoms with Gasteiger partial charge in [0.15, 0.2) is 8.67 Å². The van der Waals surface area contributed by atoms with Crippen molar-refractivity contribution in [3.05, 3.63) is 59.6 Å². The molecule has 35 heavy (non-hydrogen) atoms. The van der Waals surface area contributed by atoms with Crippen LogP contribution in [0.3, 0.4) is 0 Å². The summed E-state index contributed by atoms with van der Waals surface area (Å²) in [6.45, 7) is 0. The van der Waals surface area contributed by atoms with E-state index in [4.69, 9.17) is 139 Å². The largest absolute Gasteiger partial charge is 0.269 e. The van der Waals surface area contributed by atoms with E-state index in [2.05, 4.69) is 0 Å². The molecule has 0 amide bonds. The Morgan fingerprint density at radius 2 is 1.00 bits per heavy atom. The third-order valence-corrected chi connectivity index (χ3v) is 16.9. The number of hydrogen-bond acceptors (Lipinski definition) is 2. The molecule has 0 radical (unpaired) electrons. The van der Waals surface area contributed by atoms with E-state index < -0.39 is 56.8 Å². The third kappa shape index (κ3) is 2.35. The van der Waals surface area contributed by atoms with Crippen molar-refractivity contribution in [2.45, 2.75) is 40.0 Å². The molecule has 8 atom stereocenters. The van der Waals surface area contributed by atoms with Crippen LogP contribution in [0, 0.1) is 22.0 Å². The molecule has 5 aliphatic carbocycles. The highest BCUT2D eigenvalue weighted by molar-refractivity contribution is 6.67. The van der Waals surface area contributed by atoms with Crippen LogP contribution in [0.15, 0.2) is 38.3 Å². The average molecular weight is 719 g/mol. The summed E-state index contributed by atoms with van der Waals surface area (Å²) in [6, 6.07) is 4.20. The van der Waals surface area contributed by atoms with Crippen molar-refractivity contribution >= 4 is 145 Å². The molecule has 0 spiro atoms. The second-order valence-electron chi connectivity index (χ2n) is 9.33. The van der Waals surface area contributed by atoms with Gasteiger partial charge in [0.2, 0.25) is 0 Å². The number of rotatable bonds is 1. The van der Waals surface area contributed by atoms with Gasteiger partial charge in [-0.05, 0) is 11.1 Å². The van der Waals surface area contributed by atoms with E-state index in [1.54, 1.807) is 0 Å². The quantitative estimate of drug-likeness (QED) is 0.165. The molecule has 0 aromatic heterocycles. The van der Waals surface area contributed by atoms with Gasteiger partial charge in [-0.15, -0.1) is 46.4 Å². The number of allylic oxidation sites excluding steroid dienone is 4. The van der Waals surface area contributed by atoms with Gasteiger partial charge in [0.1, 0.15) is 19.5 Å². The lowest BCUT2D eigenvalue weighted by molar-refractivity contribution is -0.385. The number of halogens is 12. The first-order valence-electron chi connectivity index (χ1n) is 9.83. The Kier molecular flexibility index (Phi) is 5.55. The zero-order valence-electron chi connectivity index (χ0n) is 16.3. The number of nitrogens with zero attached hydrogens (tertiary/aromatic N) is 1. The summed E-state index contributed by atoms with van der Waals surface area (Å²) in [4.78, 5) is 4.05. The first kappa shape index (κ1) is 26.8. The predicted octanol–water partition coefficient (Wildman–Crippen LogP) is 9.70. The Bertz CT molecular complexity index is 1340. The third-order valence-electron chi connectivity index (χ3n) is 8.32. The van der Waals surface area contributed by atoms with Gasteiger partial charge in [0.05, 0.1) is 25.1 Å². The van der Waals surface area contributed by atoms with Crippen molar-refractivity contribution in [1.82, 2.24) is 0 Å². The summed E-state index contributed by atoms with van der Waals surface area (Å²) in [6.07, 6.45) is 0. The maximum Gasteiger partial charge on any atom is 0.269 e. The van der Waals surface area contributed by atoms with Crippen molar-refractivity contribution in [2.24, 2.45) is 11.8 Å². The Morgan fingerprint density at radius 3 is 1.40 bits per heavy atom. The summed E-state index contributed by atoms with van der Waals surface area (Å²) >= 11 is 82.9. The minimum atomic E-state index is -1.99. The molecule has 1 aromatic carbocycles. The van der Waals surface area contributed by atoms with Crippen LogP contribution in [0.2, 0.25) is 0 Å². The number of benzene rings is 1. The molecule has 188 valence electrons. The Morgan fingerprint density at radius 1 is 0.629 bits per heavy atom. The van der Waals surface area contributed by atoms with Crippen LogP contribution >= 0.6 is 139 Å². The maximum atomic E-state index is 11.7. The number of nitro groups is 1. The summed E-state index contributed by atoms with van der Waals surface area (Å²) in [7, 11) is 0. The van der Waals surface area contributed by atoms with Crippen molar-refractivity contribution in [1.29, 1.82) is 0 Å². The van der Waals surface area contributed by atoms with E-state index in [9.17, 15) is 10.1 Å². The zero-order valence-corrected chi connectivity index (χ0v) is 25.4. The summed E-state index contributed by atoms with van der Waals surface area (Å²) < 4.78 is -3.93. The van der Waals surface area contributed by atoms with E-state index in [1.807, 2.05) is 0 Å². The fraction of sp³-hybridized carbons (Fsp3) is 0.500. The van der Waals surface area contributed by atoms with Crippen LogP contribution in [0.4, 0.5) is 5.69 Å². The summed E-state index contributed by atoms with van der Waals surface area (Å²) in [5.41, 5.74) is 0.669. The standard InChI is InChI=1S/C20H7Cl12NO2/c21-11-13(23)17(27)9-7(15(11,25)19(17,29)30)5-2-1-4(33(34)35)3-6(5)8-10(9)18(28)14(24)12(22)16(8,26)20(18,31)32/h1-3,7-10H/t7-,8-,9+,10-,15-,16-,17-,18-/m1/s1. The molecule has 0 aliphatic heterocycles. The Hall–Kier alpha value is 1.58. The number of nitro benzene ring substituents is 1. The molecule has 2 saturated carbocycles. The molecule has 15 heteroatoms. The molecule has 0 N–H and O–H groups in total. The molecule has 0 heterocycles. The Balaban J connectivity index is 1.79. The van der Waals surface area contributed by atoms with Gasteiger partial charge < -0.3 is 0 Å². The van der Waals surface area contributed by atoms with E-state index in [1.165, 1.54) is 18.2 Å². The maximum absolute atomic E-state index is 11.7. The number of alkyl halides is 8. The predicted molar refractivity (Wildman–Crippen MR) is 146 cm³/mol. The number of non-ortho nitro benzene ring substituents is 1. The van der Waals surface area contributed by atoms with Crippen LogP contribution in [-0.4, -0.2) is 33.1 Å². The molecular weight excluding hydrogens is 712 g/mol. The van der Waals surface area contributed by atoms with Gasteiger partial charge in [-0.25, -0.2) is 0 Å². The van der Waals surface area contributed by atoms with Crippen molar-refractivity contribution in [3.63, 3.8) is 0 Å². The topological polar surface area (TPSA) is 43.1 Å². The Labute approximate surface area is 258 Å². The van der Waals surface area contributed by atoms with Crippen LogP contribution in [-0.2, 0) is 0 Å². The van der Waals surface area contributed by atoms with Gasteiger partial charge in [0.25, 0.3) is 5.69 Å². The number of hydrogen-bond donors (Lipinski definition) is 0. The van der Waals surface area contributed by atoms with Crippen LogP contribution in [0.25, 0.3) is 0 Å². The second kappa shape index (κ2) is 7.25. The molecule has 2 fully saturated rings. The first-order valence-corrected chi connectivity index (χ1v) is 14.4. The first-order chi connectivity index (χ1) is 15.9. The van der Waals surface area contributed by atoms with Gasteiger partial charge in [-0.1, -0.05) is 98.9 Å². The van der Waals surface area contributed by atoms with Crippen molar-refractivity contribution < 1.29 is 4.92 Å². The second-order valence-corrected chi connectivity index (χ2v) is 15.9. The van der Waals surface area contributed by atoms with Gasteiger partial charge in [-0.2, -0.15) is 0 Å². The summed E-state index contributed by atoms with van der Waals surface area (Å²) in [5, 5.41) is 11.4. The van der Waals surface area contributed by atoms with Crippen molar-refractivity contribution in [3.8, 4) is 0 Å². The molecule has 6 rings (SSSR count).